The zero-order valence-electron chi connectivity index (χ0n) is 61.4. The number of methoxy groups -OCH3 is 1. The third-order valence-electron chi connectivity index (χ3n) is 18.4. The number of carboxylic acid groups (broad SMARTS) is 1. The molecule has 0 spiro atoms. The van der Waals surface area contributed by atoms with Crippen molar-refractivity contribution in [3.63, 3.8) is 0 Å². The molecule has 556 valence electrons. The topological polar surface area (TPSA) is 234 Å². The lowest BCUT2D eigenvalue weighted by Crippen LogP contribution is -2.05. The van der Waals surface area contributed by atoms with Gasteiger partial charge in [0.1, 0.15) is 22.9 Å². The highest BCUT2D eigenvalue weighted by Crippen LogP contribution is 2.33. The maximum atomic E-state index is 13.8. The van der Waals surface area contributed by atoms with E-state index < -0.39 is 23.5 Å². The molecule has 18 rings (SSSR count). The highest BCUT2D eigenvalue weighted by molar-refractivity contribution is 6.30. The first kappa shape index (κ1) is 75.6. The Kier molecular flexibility index (Phi) is 23.8. The average Bonchev–Trinajstić information content (AvgIpc) is 1.60. The van der Waals surface area contributed by atoms with Crippen LogP contribution in [-0.2, 0) is 30.9 Å². The molecule has 19 nitrogen and oxygen atoms in total. The largest absolute Gasteiger partial charge is 0.478 e. The molecule has 114 heavy (non-hydrogen) atoms. The first-order valence-corrected chi connectivity index (χ1v) is 36.5. The summed E-state index contributed by atoms with van der Waals surface area (Å²) in [4.78, 5) is 56.0. The molecule has 0 aliphatic carbocycles. The summed E-state index contributed by atoms with van der Waals surface area (Å²) in [5.74, 6) is -1.91. The number of hydrogen-bond acceptors (Lipinski definition) is 13. The molecule has 0 atom stereocenters. The van der Waals surface area contributed by atoms with Crippen molar-refractivity contribution in [1.29, 1.82) is 0 Å². The smallest absolute Gasteiger partial charge is 0.339 e. The quantitative estimate of drug-likeness (QED) is 0.0396. The number of esters is 1. The lowest BCUT2D eigenvalue weighted by molar-refractivity contribution is 0.0599. The molecule has 0 aliphatic heterocycles. The Morgan fingerprint density at radius 3 is 1.25 bits per heavy atom. The summed E-state index contributed by atoms with van der Waals surface area (Å²) in [6.07, 6.45) is 5.84. The fraction of sp³-hybridized carbons (Fsp3) is 0.0538. The molecule has 18 aromatic rings. The normalized spacial score (nSPS) is 10.7. The number of ether oxygens (including phenoxy) is 1. The summed E-state index contributed by atoms with van der Waals surface area (Å²) in [5, 5.41) is 32.3. The highest BCUT2D eigenvalue weighted by Gasteiger charge is 2.22. The molecule has 0 saturated carbocycles. The zero-order chi connectivity index (χ0) is 78.7. The van der Waals surface area contributed by atoms with Gasteiger partial charge >= 0.3 is 11.9 Å². The molecular weight excluding hydrogens is 1450 g/mol. The van der Waals surface area contributed by atoms with Gasteiger partial charge in [-0.05, 0) is 63.4 Å². The minimum absolute atomic E-state index is 0.0692. The summed E-state index contributed by atoms with van der Waals surface area (Å²) in [7, 11) is 1.36. The number of carbonyl (C=O) groups excluding carboxylic acids is 2. The SMILES string of the molecule is COC(=O)c1cnc2c(c1)c(-c1ccccc1)nn2Cc1ccccc1.Nc1cc(-c2ccccc2)nn1Cc1ccccc1.O=C(O)c1cnc2c(c1)c(-c1ccccc1)nn2Cc1ccccc1.O=C(c1ccc2ccccc2c1)c1ccnc(Cl)c1F.[C-]#[N+]c1cnc2c(c1)c(-c1ccccc1)nn2Cc1ccccc1. The van der Waals surface area contributed by atoms with Crippen LogP contribution in [-0.4, -0.2) is 89.0 Å². The first-order chi connectivity index (χ1) is 55.8. The number of aromatic carboxylic acids is 1. The van der Waals surface area contributed by atoms with Crippen LogP contribution in [0.2, 0.25) is 5.15 Å². The summed E-state index contributed by atoms with van der Waals surface area (Å²) in [5.41, 5.74) is 21.6. The number of benzene rings is 10. The standard InChI is InChI=1S/C21H17N3O2.C20H14N4.C20H15N3O2.C16H9ClFNO.C16H15N3/c1-26-21(25)17-12-18-19(16-10-6-3-7-11-16)23-24(20(18)22-13-17)14-15-8-4-2-5-9-15;1-21-17-12-18-19(16-10-6-3-7-11-16)23-24(20(18)22-13-17)14-15-8-4-2-5-9-15;24-20(25)16-11-17-18(15-9-5-2-6-10-15)22-23(19(17)21-12-16)13-14-7-3-1-4-8-14;17-16-14(18)13(7-8-19-16)15(20)12-6-5-10-3-1-2-4-11(10)9-12;17-16-11-15(14-9-5-2-6-10-14)18-19(16)12-13-7-3-1-4-8-13/h2-13H,14H2,1H3;2-13H,14H2;1-12H,13H2,(H,24,25);1-9H;1-11H,12,17H2. The van der Waals surface area contributed by atoms with Crippen LogP contribution in [0, 0.1) is 12.4 Å². The number of halogens is 2. The average molecular weight is 1520 g/mol. The van der Waals surface area contributed by atoms with Gasteiger partial charge in [0.05, 0.1) is 62.2 Å². The van der Waals surface area contributed by atoms with Crippen molar-refractivity contribution in [2.75, 3.05) is 12.8 Å². The summed E-state index contributed by atoms with van der Waals surface area (Å²) in [6, 6.07) is 102. The van der Waals surface area contributed by atoms with Crippen molar-refractivity contribution in [2.24, 2.45) is 0 Å². The van der Waals surface area contributed by atoms with E-state index in [0.29, 0.717) is 54.5 Å². The number of nitrogens with two attached hydrogens (primary N) is 1. The number of rotatable bonds is 16. The van der Waals surface area contributed by atoms with Gasteiger partial charge in [0, 0.05) is 74.8 Å². The molecule has 0 saturated heterocycles. The number of carbonyl (C=O) groups is 3. The summed E-state index contributed by atoms with van der Waals surface area (Å²) >= 11 is 5.60. The van der Waals surface area contributed by atoms with E-state index in [1.165, 1.54) is 37.3 Å². The third-order valence-corrected chi connectivity index (χ3v) is 18.6. The zero-order valence-corrected chi connectivity index (χ0v) is 62.1. The molecule has 3 N–H and O–H groups in total. The highest BCUT2D eigenvalue weighted by atomic mass is 35.5. The van der Waals surface area contributed by atoms with Gasteiger partial charge in [-0.2, -0.15) is 20.4 Å². The molecule has 0 fully saturated rings. The van der Waals surface area contributed by atoms with E-state index in [2.05, 4.69) is 66.3 Å². The molecule has 8 aromatic heterocycles. The van der Waals surface area contributed by atoms with Crippen LogP contribution in [0.15, 0.2) is 340 Å². The van der Waals surface area contributed by atoms with E-state index in [4.69, 9.17) is 43.9 Å². The molecule has 0 radical (unpaired) electrons. The van der Waals surface area contributed by atoms with Crippen LogP contribution in [0.4, 0.5) is 15.9 Å². The first-order valence-electron chi connectivity index (χ1n) is 36.2. The maximum absolute atomic E-state index is 13.8. The van der Waals surface area contributed by atoms with Crippen molar-refractivity contribution in [1.82, 2.24) is 59.1 Å². The van der Waals surface area contributed by atoms with Gasteiger partial charge in [-0.1, -0.05) is 291 Å². The molecule has 0 aliphatic rings. The Hall–Kier alpha value is -15.2. The fourth-order valence-corrected chi connectivity index (χ4v) is 12.9. The fourth-order valence-electron chi connectivity index (χ4n) is 12.7. The number of ketones is 1. The Bertz CT molecular complexity index is 6410. The Morgan fingerprint density at radius 1 is 0.430 bits per heavy atom. The second-order valence-electron chi connectivity index (χ2n) is 26.1. The minimum Gasteiger partial charge on any atom is -0.478 e. The molecule has 10 aromatic carbocycles. The minimum atomic E-state index is -0.996. The van der Waals surface area contributed by atoms with E-state index in [9.17, 15) is 23.9 Å². The number of carboxylic acids is 1. The molecule has 21 heteroatoms. The number of fused-ring (bicyclic) bond motifs is 4. The molecule has 0 unspecified atom stereocenters. The summed E-state index contributed by atoms with van der Waals surface area (Å²) < 4.78 is 26.1. The summed E-state index contributed by atoms with van der Waals surface area (Å²) in [6.45, 7) is 9.76. The predicted molar refractivity (Wildman–Crippen MR) is 444 cm³/mol. The van der Waals surface area contributed by atoms with Gasteiger partial charge < -0.3 is 15.6 Å². The lowest BCUT2D eigenvalue weighted by atomic mass is 10.0. The second-order valence-corrected chi connectivity index (χ2v) is 26.4. The molecule has 8 heterocycles. The van der Waals surface area contributed by atoms with Gasteiger partial charge in [-0.3, -0.25) is 4.79 Å². The van der Waals surface area contributed by atoms with E-state index in [0.717, 1.165) is 99.9 Å². The van der Waals surface area contributed by atoms with Gasteiger partial charge in [0.25, 0.3) is 0 Å². The van der Waals surface area contributed by atoms with E-state index in [1.54, 1.807) is 30.5 Å². The van der Waals surface area contributed by atoms with Crippen LogP contribution >= 0.6 is 11.6 Å². The Balaban J connectivity index is 0.000000118. The number of nitrogen functional groups attached to an aromatic ring is 1. The number of nitrogens with zero attached hydrogens (tertiary/aromatic N) is 13. The number of hydrogen-bond donors (Lipinski definition) is 2. The van der Waals surface area contributed by atoms with Crippen molar-refractivity contribution in [3.05, 3.63) is 407 Å². The van der Waals surface area contributed by atoms with Crippen molar-refractivity contribution < 1.29 is 28.6 Å². The van der Waals surface area contributed by atoms with Crippen LogP contribution in [0.25, 0.3) is 93.7 Å². The molecular formula is C93H70ClFN14O5. The van der Waals surface area contributed by atoms with Crippen LogP contribution in [0.5, 0.6) is 0 Å². The van der Waals surface area contributed by atoms with Crippen molar-refractivity contribution in [3.8, 4) is 45.0 Å². The van der Waals surface area contributed by atoms with Crippen molar-refractivity contribution >= 4 is 84.7 Å². The lowest BCUT2D eigenvalue weighted by Gasteiger charge is -2.05. The van der Waals surface area contributed by atoms with Gasteiger partial charge in [0.15, 0.2) is 33.7 Å². The number of aromatic nitrogens is 12. The Morgan fingerprint density at radius 2 is 0.816 bits per heavy atom. The number of pyridine rings is 4. The van der Waals surface area contributed by atoms with Crippen LogP contribution in [0.3, 0.4) is 0 Å². The molecule has 0 amide bonds. The third kappa shape index (κ3) is 18.1. The van der Waals surface area contributed by atoms with Gasteiger partial charge in [-0.25, -0.2) is 57.5 Å². The van der Waals surface area contributed by atoms with E-state index in [1.807, 2.05) is 267 Å². The maximum Gasteiger partial charge on any atom is 0.339 e. The predicted octanol–water partition coefficient (Wildman–Crippen LogP) is 19.9. The molecule has 0 bridgehead atoms. The van der Waals surface area contributed by atoms with E-state index in [-0.39, 0.29) is 16.3 Å². The van der Waals surface area contributed by atoms with Gasteiger partial charge in [0.2, 0.25) is 5.69 Å². The monoisotopic (exact) mass is 1520 g/mol. The van der Waals surface area contributed by atoms with Crippen LogP contribution < -0.4 is 5.73 Å². The second kappa shape index (κ2) is 35.9. The Labute approximate surface area is 659 Å². The van der Waals surface area contributed by atoms with Crippen molar-refractivity contribution in [2.45, 2.75) is 26.2 Å². The van der Waals surface area contributed by atoms with Crippen LogP contribution in [0.1, 0.15) is 58.9 Å². The number of anilines is 1. The van der Waals surface area contributed by atoms with E-state index >= 15 is 0 Å². The van der Waals surface area contributed by atoms with Gasteiger partial charge in [-0.15, -0.1) is 0 Å².